The van der Waals surface area contributed by atoms with Crippen molar-refractivity contribution in [2.75, 3.05) is 5.88 Å². The number of benzene rings is 1. The highest BCUT2D eigenvalue weighted by molar-refractivity contribution is 6.18. The van der Waals surface area contributed by atoms with Crippen LogP contribution in [0.25, 0.3) is 0 Å². The van der Waals surface area contributed by atoms with E-state index in [2.05, 4.69) is 0 Å². The van der Waals surface area contributed by atoms with E-state index in [9.17, 15) is 10.2 Å². The Morgan fingerprint density at radius 2 is 1.92 bits per heavy atom. The fourth-order valence-corrected chi connectivity index (χ4v) is 1.38. The number of halogens is 1. The Morgan fingerprint density at radius 1 is 1.31 bits per heavy atom. The van der Waals surface area contributed by atoms with Gasteiger partial charge in [0.15, 0.2) is 0 Å². The molecule has 0 aliphatic heterocycles. The third kappa shape index (κ3) is 2.44. The van der Waals surface area contributed by atoms with Crippen LogP contribution in [0.3, 0.4) is 0 Å². The molecule has 2 unspecified atom stereocenters. The van der Waals surface area contributed by atoms with Crippen molar-refractivity contribution in [3.8, 4) is 0 Å². The maximum Gasteiger partial charge on any atom is 0.106 e. The van der Waals surface area contributed by atoms with Gasteiger partial charge in [0.2, 0.25) is 0 Å². The van der Waals surface area contributed by atoms with E-state index in [0.717, 1.165) is 11.1 Å². The van der Waals surface area contributed by atoms with Crippen LogP contribution >= 0.6 is 11.6 Å². The molecule has 2 atom stereocenters. The summed E-state index contributed by atoms with van der Waals surface area (Å²) in [7, 11) is 0. The lowest BCUT2D eigenvalue weighted by atomic mass is 10.0. The first-order chi connectivity index (χ1) is 6.16. The van der Waals surface area contributed by atoms with Crippen molar-refractivity contribution in [3.05, 3.63) is 35.4 Å². The number of hydrogen-bond acceptors (Lipinski definition) is 2. The molecule has 2 nitrogen and oxygen atoms in total. The van der Waals surface area contributed by atoms with Gasteiger partial charge in [-0.2, -0.15) is 0 Å². The molecule has 0 radical (unpaired) electrons. The summed E-state index contributed by atoms with van der Waals surface area (Å²) in [6.07, 6.45) is -1.79. The van der Waals surface area contributed by atoms with E-state index in [1.54, 1.807) is 6.07 Å². The first-order valence-electron chi connectivity index (χ1n) is 4.14. The number of aliphatic hydroxyl groups excluding tert-OH is 2. The van der Waals surface area contributed by atoms with Gasteiger partial charge in [-0.05, 0) is 18.1 Å². The molecule has 0 fully saturated rings. The number of alkyl halides is 1. The summed E-state index contributed by atoms with van der Waals surface area (Å²) in [4.78, 5) is 0. The van der Waals surface area contributed by atoms with Gasteiger partial charge in [0.1, 0.15) is 6.10 Å². The summed E-state index contributed by atoms with van der Waals surface area (Å²) in [5.41, 5.74) is 1.69. The predicted molar refractivity (Wildman–Crippen MR) is 52.9 cm³/mol. The average Bonchev–Trinajstić information content (AvgIpc) is 2.16. The molecule has 0 saturated carbocycles. The quantitative estimate of drug-likeness (QED) is 0.729. The summed E-state index contributed by atoms with van der Waals surface area (Å²) in [5.74, 6) is 0.0372. The largest absolute Gasteiger partial charge is 0.389 e. The zero-order valence-corrected chi connectivity index (χ0v) is 8.20. The molecule has 0 aliphatic rings. The van der Waals surface area contributed by atoms with Gasteiger partial charge < -0.3 is 10.2 Å². The molecule has 0 aromatic heterocycles. The van der Waals surface area contributed by atoms with Gasteiger partial charge in [0.05, 0.1) is 12.0 Å². The molecule has 0 saturated heterocycles. The third-order valence-electron chi connectivity index (χ3n) is 2.03. The van der Waals surface area contributed by atoms with Crippen molar-refractivity contribution in [2.24, 2.45) is 0 Å². The van der Waals surface area contributed by atoms with Crippen molar-refractivity contribution in [3.63, 3.8) is 0 Å². The Balaban J connectivity index is 2.88. The van der Waals surface area contributed by atoms with Crippen molar-refractivity contribution in [1.29, 1.82) is 0 Å². The summed E-state index contributed by atoms with van der Waals surface area (Å²) in [6, 6.07) is 7.39. The molecule has 72 valence electrons. The molecule has 0 heterocycles. The van der Waals surface area contributed by atoms with Gasteiger partial charge in [-0.15, -0.1) is 11.6 Å². The zero-order valence-electron chi connectivity index (χ0n) is 7.44. The summed E-state index contributed by atoms with van der Waals surface area (Å²) >= 11 is 5.44. The standard InChI is InChI=1S/C10H13ClO2/c1-7-4-2-3-5-8(7)10(13)9(12)6-11/h2-5,9-10,12-13H,6H2,1H3. The van der Waals surface area contributed by atoms with Crippen LogP contribution in [-0.2, 0) is 0 Å². The fraction of sp³-hybridized carbons (Fsp3) is 0.400. The van der Waals surface area contributed by atoms with E-state index in [4.69, 9.17) is 11.6 Å². The molecule has 2 N–H and O–H groups in total. The molecule has 0 spiro atoms. The van der Waals surface area contributed by atoms with Gasteiger partial charge in [-0.25, -0.2) is 0 Å². The normalized spacial score (nSPS) is 15.4. The highest BCUT2D eigenvalue weighted by atomic mass is 35.5. The Kier molecular flexibility index (Phi) is 3.72. The Labute approximate surface area is 82.8 Å². The third-order valence-corrected chi connectivity index (χ3v) is 2.35. The molecule has 0 bridgehead atoms. The lowest BCUT2D eigenvalue weighted by Gasteiger charge is -2.17. The topological polar surface area (TPSA) is 40.5 Å². The molecule has 1 aromatic rings. The second kappa shape index (κ2) is 4.61. The van der Waals surface area contributed by atoms with Crippen LogP contribution in [-0.4, -0.2) is 22.2 Å². The van der Waals surface area contributed by atoms with E-state index in [0.29, 0.717) is 0 Å². The Morgan fingerprint density at radius 3 is 2.46 bits per heavy atom. The summed E-state index contributed by atoms with van der Waals surface area (Å²) < 4.78 is 0. The molecule has 3 heteroatoms. The fourth-order valence-electron chi connectivity index (χ4n) is 1.21. The molecule has 0 amide bonds. The van der Waals surface area contributed by atoms with Gasteiger partial charge >= 0.3 is 0 Å². The van der Waals surface area contributed by atoms with E-state index in [1.165, 1.54) is 0 Å². The number of rotatable bonds is 3. The van der Waals surface area contributed by atoms with Crippen LogP contribution in [0.1, 0.15) is 17.2 Å². The smallest absolute Gasteiger partial charge is 0.106 e. The Bertz CT molecular complexity index is 275. The van der Waals surface area contributed by atoms with Crippen molar-refractivity contribution in [1.82, 2.24) is 0 Å². The first kappa shape index (κ1) is 10.5. The van der Waals surface area contributed by atoms with Gasteiger partial charge in [-0.1, -0.05) is 24.3 Å². The number of aryl methyl sites for hydroxylation is 1. The highest BCUT2D eigenvalue weighted by Crippen LogP contribution is 2.20. The van der Waals surface area contributed by atoms with Crippen molar-refractivity contribution in [2.45, 2.75) is 19.1 Å². The second-order valence-corrected chi connectivity index (χ2v) is 3.33. The molecular formula is C10H13ClO2. The first-order valence-corrected chi connectivity index (χ1v) is 4.68. The van der Waals surface area contributed by atoms with Crippen LogP contribution in [0.2, 0.25) is 0 Å². The van der Waals surface area contributed by atoms with Crippen LogP contribution in [0.15, 0.2) is 24.3 Å². The van der Waals surface area contributed by atoms with E-state index < -0.39 is 12.2 Å². The van der Waals surface area contributed by atoms with Crippen LogP contribution in [0.4, 0.5) is 0 Å². The molecule has 13 heavy (non-hydrogen) atoms. The minimum atomic E-state index is -0.900. The van der Waals surface area contributed by atoms with E-state index in [-0.39, 0.29) is 5.88 Å². The monoisotopic (exact) mass is 200 g/mol. The molecule has 1 aromatic carbocycles. The van der Waals surface area contributed by atoms with Crippen LogP contribution in [0.5, 0.6) is 0 Å². The lowest BCUT2D eigenvalue weighted by molar-refractivity contribution is 0.0323. The average molecular weight is 201 g/mol. The number of aliphatic hydroxyl groups is 2. The highest BCUT2D eigenvalue weighted by Gasteiger charge is 2.18. The van der Waals surface area contributed by atoms with Gasteiger partial charge in [0.25, 0.3) is 0 Å². The lowest BCUT2D eigenvalue weighted by Crippen LogP contribution is -2.20. The number of hydrogen-bond donors (Lipinski definition) is 2. The molecular weight excluding hydrogens is 188 g/mol. The summed E-state index contributed by atoms with van der Waals surface area (Å²) in [5, 5.41) is 19.0. The zero-order chi connectivity index (χ0) is 9.84. The van der Waals surface area contributed by atoms with E-state index >= 15 is 0 Å². The van der Waals surface area contributed by atoms with Crippen molar-refractivity contribution < 1.29 is 10.2 Å². The molecule has 0 aliphatic carbocycles. The maximum absolute atomic E-state index is 9.64. The van der Waals surface area contributed by atoms with Crippen LogP contribution in [0, 0.1) is 6.92 Å². The minimum absolute atomic E-state index is 0.0372. The summed E-state index contributed by atoms with van der Waals surface area (Å²) in [6.45, 7) is 1.89. The SMILES string of the molecule is Cc1ccccc1C(O)C(O)CCl. The molecule has 1 rings (SSSR count). The van der Waals surface area contributed by atoms with Crippen molar-refractivity contribution >= 4 is 11.6 Å². The Hall–Kier alpha value is -0.570. The van der Waals surface area contributed by atoms with Crippen LogP contribution < -0.4 is 0 Å². The second-order valence-electron chi connectivity index (χ2n) is 3.02. The maximum atomic E-state index is 9.64. The predicted octanol–water partition coefficient (Wildman–Crippen LogP) is 1.63. The van der Waals surface area contributed by atoms with Gasteiger partial charge in [0, 0.05) is 0 Å². The minimum Gasteiger partial charge on any atom is -0.389 e. The van der Waals surface area contributed by atoms with Gasteiger partial charge in [-0.3, -0.25) is 0 Å². The van der Waals surface area contributed by atoms with E-state index in [1.807, 2.05) is 25.1 Å².